The lowest BCUT2D eigenvalue weighted by atomic mass is 9.92. The minimum atomic E-state index is -0.890. The summed E-state index contributed by atoms with van der Waals surface area (Å²) in [6, 6.07) is 10.1. The molecule has 4 aromatic rings. The third-order valence-electron chi connectivity index (χ3n) is 10.4. The van der Waals surface area contributed by atoms with Crippen molar-refractivity contribution in [3.05, 3.63) is 53.6 Å². The van der Waals surface area contributed by atoms with Crippen molar-refractivity contribution in [1.82, 2.24) is 20.2 Å². The van der Waals surface area contributed by atoms with Gasteiger partial charge in [-0.2, -0.15) is 9.97 Å². The number of piperazine rings is 1. The third kappa shape index (κ3) is 4.32. The second kappa shape index (κ2) is 10.5. The number of ether oxygens (including phenoxy) is 1. The summed E-state index contributed by atoms with van der Waals surface area (Å²) in [7, 11) is 0. The van der Waals surface area contributed by atoms with Crippen LogP contribution < -0.4 is 15.0 Å². The number of hydrogen-bond donors (Lipinski definition) is 2. The third-order valence-corrected chi connectivity index (χ3v) is 10.4. The van der Waals surface area contributed by atoms with Gasteiger partial charge in [-0.25, -0.2) is 13.2 Å². The number of hydrogen-bond acceptors (Lipinski definition) is 7. The van der Waals surface area contributed by atoms with Crippen LogP contribution in [-0.2, 0) is 6.42 Å². The Morgan fingerprint density at radius 2 is 1.89 bits per heavy atom. The molecule has 230 valence electrons. The Labute approximate surface area is 254 Å². The van der Waals surface area contributed by atoms with Gasteiger partial charge in [-0.3, -0.25) is 4.90 Å². The minimum absolute atomic E-state index is 0.0337. The topological polar surface area (TPSA) is 73.8 Å². The summed E-state index contributed by atoms with van der Waals surface area (Å²) in [5, 5.41) is 15.9. The van der Waals surface area contributed by atoms with Crippen molar-refractivity contribution < 1.29 is 23.0 Å². The molecule has 4 fully saturated rings. The van der Waals surface area contributed by atoms with E-state index < -0.39 is 17.5 Å². The monoisotopic (exact) mass is 603 g/mol. The van der Waals surface area contributed by atoms with Crippen LogP contribution in [0.1, 0.15) is 44.6 Å². The maximum Gasteiger partial charge on any atom is 0.319 e. The van der Waals surface area contributed by atoms with Gasteiger partial charge in [0.15, 0.2) is 5.82 Å². The second-order valence-electron chi connectivity index (χ2n) is 12.9. The van der Waals surface area contributed by atoms with Gasteiger partial charge in [0, 0.05) is 49.1 Å². The lowest BCUT2D eigenvalue weighted by Crippen LogP contribution is -2.52. The molecule has 0 amide bonds. The highest BCUT2D eigenvalue weighted by molar-refractivity contribution is 6.03. The number of alkyl halides is 1. The summed E-state index contributed by atoms with van der Waals surface area (Å²) in [6.07, 6.45) is 3.78. The van der Waals surface area contributed by atoms with E-state index in [2.05, 4.69) is 20.1 Å². The van der Waals surface area contributed by atoms with E-state index >= 15 is 4.39 Å². The Kier molecular flexibility index (Phi) is 6.64. The molecule has 4 saturated heterocycles. The molecule has 1 aromatic heterocycles. The number of aromatic nitrogens is 2. The van der Waals surface area contributed by atoms with E-state index in [4.69, 9.17) is 9.72 Å². The number of fused-ring (bicyclic) bond motifs is 5. The summed E-state index contributed by atoms with van der Waals surface area (Å²) < 4.78 is 52.6. The summed E-state index contributed by atoms with van der Waals surface area (Å²) >= 11 is 0. The molecule has 7 nitrogen and oxygen atoms in total. The van der Waals surface area contributed by atoms with E-state index in [1.165, 1.54) is 12.1 Å². The number of phenols is 1. The average molecular weight is 604 g/mol. The molecule has 0 unspecified atom stereocenters. The molecule has 5 heterocycles. The average Bonchev–Trinajstić information content (AvgIpc) is 3.62. The number of halogens is 3. The van der Waals surface area contributed by atoms with Crippen molar-refractivity contribution in [3.8, 4) is 22.9 Å². The summed E-state index contributed by atoms with van der Waals surface area (Å²) in [5.41, 5.74) is 0.801. The van der Waals surface area contributed by atoms with Crippen molar-refractivity contribution in [2.45, 2.75) is 69.2 Å². The maximum absolute atomic E-state index is 16.9. The van der Waals surface area contributed by atoms with Gasteiger partial charge in [-0.05, 0) is 84.8 Å². The molecule has 0 aliphatic carbocycles. The van der Waals surface area contributed by atoms with Crippen LogP contribution in [-0.4, -0.2) is 76.6 Å². The lowest BCUT2D eigenvalue weighted by Gasteiger charge is -2.37. The summed E-state index contributed by atoms with van der Waals surface area (Å²) in [6.45, 7) is 4.98. The molecule has 44 heavy (non-hydrogen) atoms. The minimum Gasteiger partial charge on any atom is -0.508 e. The predicted molar refractivity (Wildman–Crippen MR) is 164 cm³/mol. The van der Waals surface area contributed by atoms with Crippen LogP contribution in [0.5, 0.6) is 11.8 Å². The van der Waals surface area contributed by atoms with Crippen LogP contribution in [0.3, 0.4) is 0 Å². The first-order chi connectivity index (χ1) is 21.3. The Balaban J connectivity index is 1.29. The van der Waals surface area contributed by atoms with E-state index in [1.54, 1.807) is 18.2 Å². The fraction of sp³-hybridized carbons (Fsp3) is 0.471. The molecule has 0 radical (unpaired) electrons. The standard InChI is InChI=1S/C34H36F3N5O2/c1-2-24-28(36)9-4-19-12-23(43)13-27(29(19)24)25-7-8-26-31(30(25)37)39-33(40-32(26)42-21-5-6-22(42)16-38-15-21)44-18-34-10-3-11-41(34)17-20(35)14-34/h4,7-9,12-13,20-22,38,43H,2-3,5-6,10-11,14-18H2,1H3/t20-,21-,22+,34+/m1/s1. The van der Waals surface area contributed by atoms with Gasteiger partial charge in [0.05, 0.1) is 5.54 Å². The van der Waals surface area contributed by atoms with E-state index in [0.717, 1.165) is 45.3 Å². The van der Waals surface area contributed by atoms with Crippen molar-refractivity contribution in [1.29, 1.82) is 0 Å². The fourth-order valence-electron chi connectivity index (χ4n) is 8.43. The van der Waals surface area contributed by atoms with E-state index in [0.29, 0.717) is 52.5 Å². The van der Waals surface area contributed by atoms with Gasteiger partial charge in [-0.1, -0.05) is 19.1 Å². The molecular weight excluding hydrogens is 567 g/mol. The Hall–Kier alpha value is -3.63. The van der Waals surface area contributed by atoms with Gasteiger partial charge in [0.25, 0.3) is 0 Å². The van der Waals surface area contributed by atoms with E-state index in [9.17, 15) is 13.9 Å². The number of anilines is 1. The molecule has 0 spiro atoms. The van der Waals surface area contributed by atoms with Crippen LogP contribution in [0.25, 0.3) is 32.8 Å². The van der Waals surface area contributed by atoms with Crippen molar-refractivity contribution >= 4 is 27.5 Å². The zero-order chi connectivity index (χ0) is 30.2. The van der Waals surface area contributed by atoms with Crippen LogP contribution in [0, 0.1) is 11.6 Å². The molecule has 8 rings (SSSR count). The summed E-state index contributed by atoms with van der Waals surface area (Å²) in [4.78, 5) is 14.0. The molecule has 10 heteroatoms. The zero-order valence-electron chi connectivity index (χ0n) is 24.8. The van der Waals surface area contributed by atoms with Crippen molar-refractivity contribution in [2.75, 3.05) is 37.7 Å². The highest BCUT2D eigenvalue weighted by atomic mass is 19.1. The molecule has 4 aliphatic heterocycles. The maximum atomic E-state index is 16.9. The quantitative estimate of drug-likeness (QED) is 0.285. The van der Waals surface area contributed by atoms with Crippen molar-refractivity contribution in [2.24, 2.45) is 0 Å². The largest absolute Gasteiger partial charge is 0.508 e. The normalized spacial score (nSPS) is 26.6. The van der Waals surface area contributed by atoms with Crippen LogP contribution in [0.15, 0.2) is 36.4 Å². The molecule has 2 bridgehead atoms. The molecule has 4 atom stereocenters. The molecule has 2 N–H and O–H groups in total. The number of nitrogens with one attached hydrogen (secondary N) is 1. The molecule has 3 aromatic carbocycles. The van der Waals surface area contributed by atoms with E-state index in [-0.39, 0.29) is 47.3 Å². The number of benzene rings is 3. The van der Waals surface area contributed by atoms with Gasteiger partial charge >= 0.3 is 6.01 Å². The van der Waals surface area contributed by atoms with Crippen LogP contribution in [0.2, 0.25) is 0 Å². The van der Waals surface area contributed by atoms with E-state index in [1.807, 2.05) is 13.0 Å². The second-order valence-corrected chi connectivity index (χ2v) is 12.9. The fourth-order valence-corrected chi connectivity index (χ4v) is 8.43. The smallest absolute Gasteiger partial charge is 0.319 e. The Morgan fingerprint density at radius 3 is 2.68 bits per heavy atom. The number of rotatable bonds is 6. The van der Waals surface area contributed by atoms with Crippen molar-refractivity contribution in [3.63, 3.8) is 0 Å². The van der Waals surface area contributed by atoms with Crippen LogP contribution >= 0.6 is 0 Å². The Morgan fingerprint density at radius 1 is 1.07 bits per heavy atom. The molecular formula is C34H36F3N5O2. The molecule has 0 saturated carbocycles. The Bertz CT molecular complexity index is 1770. The zero-order valence-corrected chi connectivity index (χ0v) is 24.8. The van der Waals surface area contributed by atoms with Gasteiger partial charge in [0.2, 0.25) is 0 Å². The molecule has 4 aliphatic rings. The van der Waals surface area contributed by atoms with Gasteiger partial charge in [0.1, 0.15) is 35.7 Å². The number of phenolic OH excluding ortho intramolecular Hbond substituents is 1. The van der Waals surface area contributed by atoms with Crippen LogP contribution in [0.4, 0.5) is 19.0 Å². The SMILES string of the molecule is CCc1c(F)ccc2cc(O)cc(-c3ccc4c(N5[C@@H]6CC[C@H]5CNC6)nc(OC[C@@]56CCCN5C[C@H](F)C6)nc4c3F)c12. The highest BCUT2D eigenvalue weighted by Crippen LogP contribution is 2.43. The number of aromatic hydroxyl groups is 1. The first-order valence-corrected chi connectivity index (χ1v) is 15.8. The first-order valence-electron chi connectivity index (χ1n) is 15.8. The summed E-state index contributed by atoms with van der Waals surface area (Å²) in [5.74, 6) is -0.345. The van der Waals surface area contributed by atoms with Gasteiger partial charge in [-0.15, -0.1) is 0 Å². The van der Waals surface area contributed by atoms with Gasteiger partial charge < -0.3 is 20.1 Å². The predicted octanol–water partition coefficient (Wildman–Crippen LogP) is 5.89. The number of aryl methyl sites for hydroxylation is 1. The highest BCUT2D eigenvalue weighted by Gasteiger charge is 2.49. The number of nitrogens with zero attached hydrogens (tertiary/aromatic N) is 4. The lowest BCUT2D eigenvalue weighted by molar-refractivity contribution is 0.107. The first kappa shape index (κ1) is 27.9.